The third-order valence-corrected chi connectivity index (χ3v) is 7.29. The van der Waals surface area contributed by atoms with Crippen molar-refractivity contribution >= 4 is 15.9 Å². The first kappa shape index (κ1) is 26.1. The number of amides is 1. The zero-order valence-electron chi connectivity index (χ0n) is 20.2. The molecule has 32 heavy (non-hydrogen) atoms. The molecule has 0 atom stereocenters. The SMILES string of the molecule is COCCN(Cc1ccc(C)o1)C(=O)CN(C(C)C)S(=O)(=O)c1ccc(C(C)(C)C)cc1. The van der Waals surface area contributed by atoms with Gasteiger partial charge in [0.25, 0.3) is 0 Å². The number of sulfonamides is 1. The van der Waals surface area contributed by atoms with Crippen LogP contribution in [0.2, 0.25) is 0 Å². The minimum atomic E-state index is -3.85. The molecule has 0 saturated carbocycles. The van der Waals surface area contributed by atoms with Gasteiger partial charge in [0.1, 0.15) is 11.5 Å². The summed E-state index contributed by atoms with van der Waals surface area (Å²) in [6, 6.07) is 10.2. The van der Waals surface area contributed by atoms with Crippen LogP contribution in [0.15, 0.2) is 45.7 Å². The first-order valence-electron chi connectivity index (χ1n) is 10.8. The fourth-order valence-corrected chi connectivity index (χ4v) is 4.88. The van der Waals surface area contributed by atoms with Crippen LogP contribution in [-0.2, 0) is 31.5 Å². The van der Waals surface area contributed by atoms with Crippen LogP contribution in [-0.4, -0.2) is 56.4 Å². The van der Waals surface area contributed by atoms with Crippen molar-refractivity contribution in [1.29, 1.82) is 0 Å². The summed E-state index contributed by atoms with van der Waals surface area (Å²) >= 11 is 0. The van der Waals surface area contributed by atoms with E-state index in [9.17, 15) is 13.2 Å². The predicted octanol–water partition coefficient (Wildman–Crippen LogP) is 3.96. The van der Waals surface area contributed by atoms with Gasteiger partial charge in [0.05, 0.1) is 24.6 Å². The average Bonchev–Trinajstić information content (AvgIpc) is 3.12. The van der Waals surface area contributed by atoms with E-state index in [0.717, 1.165) is 11.3 Å². The van der Waals surface area contributed by atoms with Crippen LogP contribution in [0.3, 0.4) is 0 Å². The number of hydrogen-bond acceptors (Lipinski definition) is 5. The Morgan fingerprint density at radius 2 is 1.72 bits per heavy atom. The fourth-order valence-electron chi connectivity index (χ4n) is 3.29. The smallest absolute Gasteiger partial charge is 0.243 e. The van der Waals surface area contributed by atoms with Crippen molar-refractivity contribution in [1.82, 2.24) is 9.21 Å². The minimum absolute atomic E-state index is 0.0813. The molecule has 0 saturated heterocycles. The second-order valence-electron chi connectivity index (χ2n) is 9.24. The maximum absolute atomic E-state index is 13.4. The molecule has 1 heterocycles. The second kappa shape index (κ2) is 10.6. The molecule has 2 aromatic rings. The normalized spacial score (nSPS) is 12.5. The quantitative estimate of drug-likeness (QED) is 0.532. The molecule has 0 spiro atoms. The Bertz CT molecular complexity index is 988. The van der Waals surface area contributed by atoms with Crippen LogP contribution in [0, 0.1) is 6.92 Å². The number of aryl methyl sites for hydroxylation is 1. The Kier molecular flexibility index (Phi) is 8.67. The molecular weight excluding hydrogens is 428 g/mol. The van der Waals surface area contributed by atoms with E-state index in [1.165, 1.54) is 4.31 Å². The topological polar surface area (TPSA) is 80.1 Å². The van der Waals surface area contributed by atoms with Gasteiger partial charge in [-0.05, 0) is 56.0 Å². The maximum atomic E-state index is 13.4. The molecule has 7 nitrogen and oxygen atoms in total. The molecule has 0 N–H and O–H groups in total. The van der Waals surface area contributed by atoms with Crippen molar-refractivity contribution in [3.05, 3.63) is 53.5 Å². The molecule has 0 fully saturated rings. The summed E-state index contributed by atoms with van der Waals surface area (Å²) in [5, 5.41) is 0. The van der Waals surface area contributed by atoms with Gasteiger partial charge in [-0.25, -0.2) is 8.42 Å². The van der Waals surface area contributed by atoms with Crippen LogP contribution >= 0.6 is 0 Å². The highest BCUT2D eigenvalue weighted by Gasteiger charge is 2.31. The number of carbonyl (C=O) groups is 1. The number of nitrogens with zero attached hydrogens (tertiary/aromatic N) is 2. The van der Waals surface area contributed by atoms with Gasteiger partial charge in [0, 0.05) is 19.7 Å². The fraction of sp³-hybridized carbons (Fsp3) is 0.542. The monoisotopic (exact) mass is 464 g/mol. The molecule has 1 aromatic heterocycles. The van der Waals surface area contributed by atoms with E-state index in [1.54, 1.807) is 38.0 Å². The van der Waals surface area contributed by atoms with Crippen LogP contribution < -0.4 is 0 Å². The molecule has 1 aromatic carbocycles. The predicted molar refractivity (Wildman–Crippen MR) is 125 cm³/mol. The van der Waals surface area contributed by atoms with Crippen molar-refractivity contribution in [2.45, 2.75) is 64.4 Å². The van der Waals surface area contributed by atoms with Crippen molar-refractivity contribution in [2.24, 2.45) is 0 Å². The van der Waals surface area contributed by atoms with E-state index in [-0.39, 0.29) is 35.3 Å². The van der Waals surface area contributed by atoms with Crippen LogP contribution in [0.25, 0.3) is 0 Å². The van der Waals surface area contributed by atoms with Crippen LogP contribution in [0.5, 0.6) is 0 Å². The van der Waals surface area contributed by atoms with E-state index in [4.69, 9.17) is 9.15 Å². The van der Waals surface area contributed by atoms with Crippen LogP contribution in [0.4, 0.5) is 0 Å². The molecule has 0 unspecified atom stereocenters. The van der Waals surface area contributed by atoms with Gasteiger partial charge in [0.2, 0.25) is 15.9 Å². The minimum Gasteiger partial charge on any atom is -0.464 e. The van der Waals surface area contributed by atoms with E-state index < -0.39 is 10.0 Å². The number of hydrogen-bond donors (Lipinski definition) is 0. The summed E-state index contributed by atoms with van der Waals surface area (Å²) in [6.07, 6.45) is 0. The zero-order chi connectivity index (χ0) is 24.1. The van der Waals surface area contributed by atoms with Gasteiger partial charge in [-0.1, -0.05) is 32.9 Å². The summed E-state index contributed by atoms with van der Waals surface area (Å²) < 4.78 is 38.7. The Balaban J connectivity index is 2.26. The standard InChI is InChI=1S/C24H36N2O5S/c1-18(2)26(32(28,29)22-12-9-20(10-13-22)24(4,5)6)17-23(27)25(14-15-30-7)16-21-11-8-19(3)31-21/h8-13,18H,14-17H2,1-7H3. The Labute approximate surface area is 192 Å². The number of ether oxygens (including phenoxy) is 1. The average molecular weight is 465 g/mol. The lowest BCUT2D eigenvalue weighted by atomic mass is 9.87. The lowest BCUT2D eigenvalue weighted by molar-refractivity contribution is -0.133. The molecule has 0 radical (unpaired) electrons. The van der Waals surface area contributed by atoms with E-state index >= 15 is 0 Å². The van der Waals surface area contributed by atoms with E-state index in [0.29, 0.717) is 18.9 Å². The van der Waals surface area contributed by atoms with Gasteiger partial charge < -0.3 is 14.1 Å². The Hall–Kier alpha value is -2.16. The van der Waals surface area contributed by atoms with Crippen molar-refractivity contribution in [3.63, 3.8) is 0 Å². The lowest BCUT2D eigenvalue weighted by Gasteiger charge is -2.29. The van der Waals surface area contributed by atoms with Crippen molar-refractivity contribution in [2.75, 3.05) is 26.8 Å². The first-order chi connectivity index (χ1) is 14.9. The van der Waals surface area contributed by atoms with Gasteiger partial charge in [-0.15, -0.1) is 0 Å². The highest BCUT2D eigenvalue weighted by atomic mass is 32.2. The molecule has 0 aliphatic rings. The Morgan fingerprint density at radius 3 is 2.19 bits per heavy atom. The summed E-state index contributed by atoms with van der Waals surface area (Å²) in [6.45, 7) is 12.3. The molecule has 1 amide bonds. The van der Waals surface area contributed by atoms with Crippen molar-refractivity contribution < 1.29 is 22.4 Å². The maximum Gasteiger partial charge on any atom is 0.243 e. The van der Waals surface area contributed by atoms with Crippen LogP contribution in [0.1, 0.15) is 51.7 Å². The van der Waals surface area contributed by atoms with E-state index in [1.807, 2.05) is 31.2 Å². The molecule has 2 rings (SSSR count). The lowest BCUT2D eigenvalue weighted by Crippen LogP contribution is -2.46. The van der Waals surface area contributed by atoms with Crippen molar-refractivity contribution in [3.8, 4) is 0 Å². The number of benzene rings is 1. The summed E-state index contributed by atoms with van der Waals surface area (Å²) in [5.41, 5.74) is 0.963. The highest BCUT2D eigenvalue weighted by molar-refractivity contribution is 7.89. The number of furan rings is 1. The number of rotatable bonds is 10. The molecule has 8 heteroatoms. The molecule has 0 aliphatic heterocycles. The largest absolute Gasteiger partial charge is 0.464 e. The molecular formula is C24H36N2O5S. The molecule has 0 bridgehead atoms. The third kappa shape index (κ3) is 6.67. The van der Waals surface area contributed by atoms with Gasteiger partial charge in [-0.2, -0.15) is 4.31 Å². The summed E-state index contributed by atoms with van der Waals surface area (Å²) in [4.78, 5) is 14.9. The van der Waals surface area contributed by atoms with E-state index in [2.05, 4.69) is 20.8 Å². The highest BCUT2D eigenvalue weighted by Crippen LogP contribution is 2.25. The van der Waals surface area contributed by atoms with Gasteiger partial charge >= 0.3 is 0 Å². The third-order valence-electron chi connectivity index (χ3n) is 5.25. The zero-order valence-corrected chi connectivity index (χ0v) is 21.0. The first-order valence-corrected chi connectivity index (χ1v) is 12.2. The van der Waals surface area contributed by atoms with Gasteiger partial charge in [-0.3, -0.25) is 4.79 Å². The van der Waals surface area contributed by atoms with Gasteiger partial charge in [0.15, 0.2) is 0 Å². The summed E-state index contributed by atoms with van der Waals surface area (Å²) in [5.74, 6) is 1.09. The Morgan fingerprint density at radius 1 is 1.09 bits per heavy atom. The second-order valence-corrected chi connectivity index (χ2v) is 11.1. The summed E-state index contributed by atoms with van der Waals surface area (Å²) in [7, 11) is -2.29. The number of carbonyl (C=O) groups excluding carboxylic acids is 1. The molecule has 0 aliphatic carbocycles. The number of methoxy groups -OCH3 is 1. The molecule has 178 valence electrons.